The van der Waals surface area contributed by atoms with E-state index in [1.807, 2.05) is 12.1 Å². The Bertz CT molecular complexity index is 836. The second-order valence-corrected chi connectivity index (χ2v) is 5.37. The van der Waals surface area contributed by atoms with Gasteiger partial charge in [0.15, 0.2) is 0 Å². The number of hydrogen-bond donors (Lipinski definition) is 1. The third-order valence-electron chi connectivity index (χ3n) is 2.98. The van der Waals surface area contributed by atoms with E-state index in [0.717, 1.165) is 0 Å². The minimum absolute atomic E-state index is 0.0676. The Labute approximate surface area is 124 Å². The number of pyridine rings is 1. The number of nitrogens with zero attached hydrogens (tertiary/aromatic N) is 2. The van der Waals surface area contributed by atoms with Gasteiger partial charge in [0.2, 0.25) is 0 Å². The van der Waals surface area contributed by atoms with Gasteiger partial charge in [0.25, 0.3) is 0 Å². The molecule has 3 aromatic rings. The average molecular weight is 298 g/mol. The van der Waals surface area contributed by atoms with Crippen molar-refractivity contribution in [3.8, 4) is 5.75 Å². The van der Waals surface area contributed by atoms with Crippen LogP contribution in [0.3, 0.4) is 0 Å². The molecule has 5 nitrogen and oxygen atoms in total. The van der Waals surface area contributed by atoms with Crippen LogP contribution in [-0.2, 0) is 0 Å². The fraction of sp³-hybridized carbons (Fsp3) is 0. The molecule has 0 spiro atoms. The summed E-state index contributed by atoms with van der Waals surface area (Å²) < 4.78 is 0. The van der Waals surface area contributed by atoms with Gasteiger partial charge in [0.05, 0.1) is 15.3 Å². The van der Waals surface area contributed by atoms with Crippen molar-refractivity contribution in [2.45, 2.75) is 9.79 Å². The summed E-state index contributed by atoms with van der Waals surface area (Å²) >= 11 is 1.17. The van der Waals surface area contributed by atoms with E-state index in [0.29, 0.717) is 20.7 Å². The van der Waals surface area contributed by atoms with E-state index < -0.39 is 4.92 Å². The fourth-order valence-electron chi connectivity index (χ4n) is 2.00. The van der Waals surface area contributed by atoms with Crippen molar-refractivity contribution in [3.63, 3.8) is 0 Å². The summed E-state index contributed by atoms with van der Waals surface area (Å²) in [4.78, 5) is 15.9. The molecular weight excluding hydrogens is 288 g/mol. The zero-order chi connectivity index (χ0) is 14.8. The molecule has 0 aliphatic heterocycles. The summed E-state index contributed by atoms with van der Waals surface area (Å²) in [5.74, 6) is 0.0951. The van der Waals surface area contributed by atoms with E-state index in [9.17, 15) is 15.2 Å². The largest absolute Gasteiger partial charge is 0.507 e. The summed E-state index contributed by atoms with van der Waals surface area (Å²) in [7, 11) is 0. The van der Waals surface area contributed by atoms with Crippen LogP contribution < -0.4 is 0 Å². The van der Waals surface area contributed by atoms with Crippen LogP contribution in [0.5, 0.6) is 5.75 Å². The van der Waals surface area contributed by atoms with Crippen LogP contribution in [0.25, 0.3) is 10.9 Å². The molecule has 0 saturated carbocycles. The zero-order valence-electron chi connectivity index (χ0n) is 10.8. The Balaban J connectivity index is 2.21. The third-order valence-corrected chi connectivity index (χ3v) is 4.18. The predicted molar refractivity (Wildman–Crippen MR) is 80.6 cm³/mol. The maximum atomic E-state index is 11.2. The van der Waals surface area contributed by atoms with E-state index in [-0.39, 0.29) is 11.4 Å². The molecule has 104 valence electrons. The molecular formula is C15H10N2O3S. The first-order chi connectivity index (χ1) is 10.2. The van der Waals surface area contributed by atoms with Gasteiger partial charge >= 0.3 is 5.69 Å². The molecule has 0 unspecified atom stereocenters. The standard InChI is InChI=1S/C15H10N2O3S/c18-13-7-3-4-8-14(13)21-15-10-5-1-2-6-11(10)16-9-12(15)17(19)20/h1-9,18H. The van der Waals surface area contributed by atoms with Gasteiger partial charge in [-0.15, -0.1) is 0 Å². The van der Waals surface area contributed by atoms with Crippen LogP contribution >= 0.6 is 11.8 Å². The summed E-state index contributed by atoms with van der Waals surface area (Å²) in [6.07, 6.45) is 1.25. The molecule has 6 heteroatoms. The van der Waals surface area contributed by atoms with E-state index in [1.54, 1.807) is 36.4 Å². The van der Waals surface area contributed by atoms with Gasteiger partial charge < -0.3 is 5.11 Å². The lowest BCUT2D eigenvalue weighted by molar-refractivity contribution is -0.387. The van der Waals surface area contributed by atoms with Gasteiger partial charge in [0.1, 0.15) is 16.8 Å². The number of para-hydroxylation sites is 2. The van der Waals surface area contributed by atoms with E-state index in [2.05, 4.69) is 4.98 Å². The van der Waals surface area contributed by atoms with E-state index in [4.69, 9.17) is 0 Å². The number of hydrogen-bond acceptors (Lipinski definition) is 5. The van der Waals surface area contributed by atoms with Crippen molar-refractivity contribution in [3.05, 3.63) is 64.8 Å². The molecule has 0 radical (unpaired) electrons. The minimum atomic E-state index is -0.457. The van der Waals surface area contributed by atoms with Crippen molar-refractivity contribution >= 4 is 28.4 Å². The van der Waals surface area contributed by atoms with Crippen molar-refractivity contribution in [2.75, 3.05) is 0 Å². The zero-order valence-corrected chi connectivity index (χ0v) is 11.6. The molecule has 0 bridgehead atoms. The van der Waals surface area contributed by atoms with Crippen LogP contribution in [0, 0.1) is 10.1 Å². The first kappa shape index (κ1) is 13.4. The highest BCUT2D eigenvalue weighted by Crippen LogP contribution is 2.42. The maximum Gasteiger partial charge on any atom is 0.302 e. The highest BCUT2D eigenvalue weighted by molar-refractivity contribution is 7.99. The Morgan fingerprint density at radius 1 is 1.10 bits per heavy atom. The SMILES string of the molecule is O=[N+]([O-])c1cnc2ccccc2c1Sc1ccccc1O. The Morgan fingerprint density at radius 2 is 1.81 bits per heavy atom. The minimum Gasteiger partial charge on any atom is -0.507 e. The van der Waals surface area contributed by atoms with E-state index in [1.165, 1.54) is 18.0 Å². The molecule has 0 aliphatic carbocycles. The molecule has 0 fully saturated rings. The average Bonchev–Trinajstić information content (AvgIpc) is 2.49. The lowest BCUT2D eigenvalue weighted by atomic mass is 10.2. The van der Waals surface area contributed by atoms with Crippen LogP contribution in [0.2, 0.25) is 0 Å². The molecule has 1 N–H and O–H groups in total. The van der Waals surface area contributed by atoms with Crippen molar-refractivity contribution in [1.82, 2.24) is 4.98 Å². The van der Waals surface area contributed by atoms with Crippen LogP contribution in [0.15, 0.2) is 64.5 Å². The lowest BCUT2D eigenvalue weighted by Crippen LogP contribution is -1.94. The number of fused-ring (bicyclic) bond motifs is 1. The number of nitro groups is 1. The second kappa shape index (κ2) is 5.41. The molecule has 0 aliphatic rings. The van der Waals surface area contributed by atoms with Gasteiger partial charge in [-0.25, -0.2) is 4.98 Å². The van der Waals surface area contributed by atoms with Gasteiger partial charge in [-0.1, -0.05) is 42.1 Å². The summed E-state index contributed by atoms with van der Waals surface area (Å²) in [6, 6.07) is 14.0. The number of phenolic OH excluding ortho intramolecular Hbond substituents is 1. The van der Waals surface area contributed by atoms with Gasteiger partial charge in [-0.3, -0.25) is 10.1 Å². The molecule has 0 saturated heterocycles. The summed E-state index contributed by atoms with van der Waals surface area (Å²) in [6.45, 7) is 0. The summed E-state index contributed by atoms with van der Waals surface area (Å²) in [5, 5.41) is 21.8. The number of benzene rings is 2. The molecule has 1 heterocycles. The maximum absolute atomic E-state index is 11.2. The second-order valence-electron chi connectivity index (χ2n) is 4.32. The lowest BCUT2D eigenvalue weighted by Gasteiger charge is -2.07. The fourth-order valence-corrected chi connectivity index (χ4v) is 3.05. The van der Waals surface area contributed by atoms with Gasteiger partial charge in [-0.05, 0) is 18.2 Å². The molecule has 3 rings (SSSR count). The van der Waals surface area contributed by atoms with Gasteiger partial charge in [0, 0.05) is 5.39 Å². The van der Waals surface area contributed by atoms with E-state index >= 15 is 0 Å². The molecule has 0 amide bonds. The smallest absolute Gasteiger partial charge is 0.302 e. The molecule has 2 aromatic carbocycles. The Kier molecular flexibility index (Phi) is 3.45. The van der Waals surface area contributed by atoms with Crippen molar-refractivity contribution in [1.29, 1.82) is 0 Å². The topological polar surface area (TPSA) is 76.3 Å². The molecule has 21 heavy (non-hydrogen) atoms. The Morgan fingerprint density at radius 3 is 2.57 bits per heavy atom. The first-order valence-electron chi connectivity index (χ1n) is 6.15. The summed E-state index contributed by atoms with van der Waals surface area (Å²) in [5.41, 5.74) is 0.614. The quantitative estimate of drug-likeness (QED) is 0.584. The highest BCUT2D eigenvalue weighted by atomic mass is 32.2. The monoisotopic (exact) mass is 298 g/mol. The molecule has 1 aromatic heterocycles. The first-order valence-corrected chi connectivity index (χ1v) is 6.96. The Hall–Kier alpha value is -2.60. The van der Waals surface area contributed by atoms with Crippen LogP contribution in [-0.4, -0.2) is 15.0 Å². The number of rotatable bonds is 3. The number of phenols is 1. The predicted octanol–water partition coefficient (Wildman–Crippen LogP) is 4.00. The van der Waals surface area contributed by atoms with Gasteiger partial charge in [-0.2, -0.15) is 0 Å². The molecule has 0 atom stereocenters. The van der Waals surface area contributed by atoms with Crippen LogP contribution in [0.4, 0.5) is 5.69 Å². The van der Waals surface area contributed by atoms with Crippen molar-refractivity contribution in [2.24, 2.45) is 0 Å². The number of aromatic hydroxyl groups is 1. The van der Waals surface area contributed by atoms with Crippen molar-refractivity contribution < 1.29 is 10.0 Å². The number of aromatic nitrogens is 1. The van der Waals surface area contributed by atoms with Crippen LogP contribution in [0.1, 0.15) is 0 Å². The third kappa shape index (κ3) is 2.53. The highest BCUT2D eigenvalue weighted by Gasteiger charge is 2.19. The normalized spacial score (nSPS) is 10.7.